The number of nitrogens with zero attached hydrogens (tertiary/aromatic N) is 3. The lowest BCUT2D eigenvalue weighted by atomic mass is 9.97. The molecule has 0 unspecified atom stereocenters. The number of benzene rings is 2. The zero-order chi connectivity index (χ0) is 31.5. The van der Waals surface area contributed by atoms with Gasteiger partial charge in [-0.1, -0.05) is 50.3 Å². The van der Waals surface area contributed by atoms with Crippen molar-refractivity contribution in [2.75, 3.05) is 69.7 Å². The molecule has 4 rings (SSSR count). The van der Waals surface area contributed by atoms with Crippen LogP contribution in [0.5, 0.6) is 11.5 Å². The third kappa shape index (κ3) is 12.4. The summed E-state index contributed by atoms with van der Waals surface area (Å²) in [4.78, 5) is 26.0. The first kappa shape index (κ1) is 33.7. The predicted octanol–water partition coefficient (Wildman–Crippen LogP) is 4.90. The number of rotatable bonds is 18. The van der Waals surface area contributed by atoms with Crippen molar-refractivity contribution in [1.29, 1.82) is 0 Å². The van der Waals surface area contributed by atoms with Crippen molar-refractivity contribution in [1.82, 2.24) is 20.3 Å². The second kappa shape index (κ2) is 19.3. The molecule has 1 aliphatic rings. The molecule has 12 heteroatoms. The number of methoxy groups -OCH3 is 2. The molecule has 1 aromatic heterocycles. The molecule has 244 valence electrons. The fourth-order valence-corrected chi connectivity index (χ4v) is 5.02. The van der Waals surface area contributed by atoms with Crippen LogP contribution in [-0.2, 0) is 16.0 Å². The molecule has 1 fully saturated rings. The summed E-state index contributed by atoms with van der Waals surface area (Å²) in [6.45, 7) is 3.19. The highest BCUT2D eigenvalue weighted by atomic mass is 16.5. The lowest BCUT2D eigenvalue weighted by Crippen LogP contribution is -2.27. The lowest BCUT2D eigenvalue weighted by molar-refractivity contribution is 0.0519. The molecule has 0 spiro atoms. The highest BCUT2D eigenvalue weighted by Crippen LogP contribution is 2.24. The molecule has 0 saturated heterocycles. The minimum atomic E-state index is -0.109. The van der Waals surface area contributed by atoms with Gasteiger partial charge in [-0.05, 0) is 42.7 Å². The maximum atomic E-state index is 12.1. The number of carbonyl (C=O) groups excluding carboxylic acids is 1. The van der Waals surface area contributed by atoms with Crippen LogP contribution in [0.2, 0.25) is 0 Å². The Labute approximate surface area is 266 Å². The third-order valence-electron chi connectivity index (χ3n) is 7.41. The highest BCUT2D eigenvalue weighted by Gasteiger charge is 2.15. The second-order valence-corrected chi connectivity index (χ2v) is 10.8. The molecule has 1 aliphatic carbocycles. The van der Waals surface area contributed by atoms with Gasteiger partial charge in [0.15, 0.2) is 0 Å². The number of carbonyl (C=O) groups is 1. The van der Waals surface area contributed by atoms with Crippen molar-refractivity contribution >= 4 is 23.8 Å². The summed E-state index contributed by atoms with van der Waals surface area (Å²) in [6, 6.07) is 15.2. The molecule has 0 bridgehead atoms. The summed E-state index contributed by atoms with van der Waals surface area (Å²) < 4.78 is 22.1. The van der Waals surface area contributed by atoms with Crippen LogP contribution in [0.1, 0.15) is 60.9 Å². The summed E-state index contributed by atoms with van der Waals surface area (Å²) in [7, 11) is 3.27. The number of amides is 1. The quantitative estimate of drug-likeness (QED) is 0.144. The van der Waals surface area contributed by atoms with Gasteiger partial charge in [0.2, 0.25) is 17.8 Å². The Kier molecular flexibility index (Phi) is 14.4. The molecule has 45 heavy (non-hydrogen) atoms. The Morgan fingerprint density at radius 2 is 1.33 bits per heavy atom. The highest BCUT2D eigenvalue weighted by molar-refractivity contribution is 5.94. The average molecular weight is 622 g/mol. The zero-order valence-corrected chi connectivity index (χ0v) is 26.5. The van der Waals surface area contributed by atoms with Crippen molar-refractivity contribution in [2.45, 2.75) is 57.5 Å². The van der Waals surface area contributed by atoms with E-state index in [9.17, 15) is 4.79 Å². The Balaban J connectivity index is 1.23. The number of hydrogen-bond acceptors (Lipinski definition) is 11. The van der Waals surface area contributed by atoms with E-state index in [0.29, 0.717) is 75.5 Å². The van der Waals surface area contributed by atoms with E-state index in [0.717, 1.165) is 29.9 Å². The van der Waals surface area contributed by atoms with Gasteiger partial charge >= 0.3 is 0 Å². The van der Waals surface area contributed by atoms with Gasteiger partial charge in [0.05, 0.1) is 40.6 Å². The molecule has 0 aliphatic heterocycles. The summed E-state index contributed by atoms with van der Waals surface area (Å²) in [5.41, 5.74) is 1.61. The van der Waals surface area contributed by atoms with Crippen molar-refractivity contribution in [3.8, 4) is 11.5 Å². The standard InChI is InChI=1S/C33H47N7O5/c1-42-28-21-25(22-29(23-28)43-2)24-36-32-38-31(39-33(40-32)37-27-13-9-4-3-5-10-14-27)35-16-18-45-20-19-44-17-15-34-30(41)26-11-7-6-8-12-26/h6-8,11-12,21-23,27H,3-5,9-10,13-20,24H2,1-2H3,(H,34,41)(H3,35,36,37,38,39,40). The third-order valence-corrected chi connectivity index (χ3v) is 7.41. The summed E-state index contributed by atoms with van der Waals surface area (Å²) in [6.07, 6.45) is 8.49. The van der Waals surface area contributed by atoms with Crippen LogP contribution < -0.4 is 30.7 Å². The predicted molar refractivity (Wildman–Crippen MR) is 175 cm³/mol. The smallest absolute Gasteiger partial charge is 0.251 e. The number of anilines is 3. The van der Waals surface area contributed by atoms with E-state index in [2.05, 4.69) is 36.2 Å². The average Bonchev–Trinajstić information content (AvgIpc) is 3.05. The maximum Gasteiger partial charge on any atom is 0.251 e. The van der Waals surface area contributed by atoms with E-state index >= 15 is 0 Å². The van der Waals surface area contributed by atoms with E-state index in [1.165, 1.54) is 32.1 Å². The van der Waals surface area contributed by atoms with Gasteiger partial charge in [-0.2, -0.15) is 15.0 Å². The summed E-state index contributed by atoms with van der Waals surface area (Å²) >= 11 is 0. The molecular weight excluding hydrogens is 574 g/mol. The number of hydrogen-bond donors (Lipinski definition) is 4. The molecule has 1 heterocycles. The van der Waals surface area contributed by atoms with E-state index < -0.39 is 0 Å². The lowest BCUT2D eigenvalue weighted by Gasteiger charge is -2.21. The second-order valence-electron chi connectivity index (χ2n) is 10.8. The van der Waals surface area contributed by atoms with E-state index in [1.54, 1.807) is 26.4 Å². The van der Waals surface area contributed by atoms with E-state index in [-0.39, 0.29) is 5.91 Å². The molecular formula is C33H47N7O5. The Morgan fingerprint density at radius 1 is 0.733 bits per heavy atom. The largest absolute Gasteiger partial charge is 0.497 e. The van der Waals surface area contributed by atoms with E-state index in [4.69, 9.17) is 18.9 Å². The van der Waals surface area contributed by atoms with Crippen LogP contribution in [0.25, 0.3) is 0 Å². The van der Waals surface area contributed by atoms with Crippen molar-refractivity contribution in [3.63, 3.8) is 0 Å². The molecule has 12 nitrogen and oxygen atoms in total. The van der Waals surface area contributed by atoms with Crippen molar-refractivity contribution in [2.24, 2.45) is 0 Å². The Bertz CT molecular complexity index is 1270. The van der Waals surface area contributed by atoms with Crippen LogP contribution in [0.4, 0.5) is 17.8 Å². The van der Waals surface area contributed by atoms with Gasteiger partial charge in [0, 0.05) is 37.3 Å². The first-order chi connectivity index (χ1) is 22.1. The fourth-order valence-electron chi connectivity index (χ4n) is 5.02. The number of nitrogens with one attached hydrogen (secondary N) is 4. The number of ether oxygens (including phenoxy) is 4. The molecule has 3 aromatic rings. The molecule has 0 atom stereocenters. The number of aromatic nitrogens is 3. The van der Waals surface area contributed by atoms with Crippen LogP contribution >= 0.6 is 0 Å². The molecule has 4 N–H and O–H groups in total. The van der Waals surface area contributed by atoms with Crippen LogP contribution in [-0.4, -0.2) is 80.6 Å². The Hall–Kier alpha value is -4.16. The molecule has 1 saturated carbocycles. The van der Waals surface area contributed by atoms with Gasteiger partial charge in [-0.25, -0.2) is 0 Å². The van der Waals surface area contributed by atoms with E-state index in [1.807, 2.05) is 36.4 Å². The molecule has 2 aromatic carbocycles. The van der Waals surface area contributed by atoms with Gasteiger partial charge < -0.3 is 40.2 Å². The topological polar surface area (TPSA) is 141 Å². The minimum Gasteiger partial charge on any atom is -0.497 e. The zero-order valence-electron chi connectivity index (χ0n) is 26.5. The molecule has 0 radical (unpaired) electrons. The van der Waals surface area contributed by atoms with Gasteiger partial charge in [-0.15, -0.1) is 0 Å². The van der Waals surface area contributed by atoms with Crippen molar-refractivity contribution < 1.29 is 23.7 Å². The first-order valence-corrected chi connectivity index (χ1v) is 15.8. The van der Waals surface area contributed by atoms with Crippen LogP contribution in [0.15, 0.2) is 48.5 Å². The minimum absolute atomic E-state index is 0.109. The van der Waals surface area contributed by atoms with Crippen LogP contribution in [0.3, 0.4) is 0 Å². The Morgan fingerprint density at radius 3 is 2.00 bits per heavy atom. The SMILES string of the molecule is COc1cc(CNc2nc(NCCOCCOCCNC(=O)c3ccccc3)nc(NC3CCCCCCC3)n2)cc(OC)c1. The van der Waals surface area contributed by atoms with Crippen LogP contribution in [0, 0.1) is 0 Å². The normalized spacial score (nSPS) is 13.7. The summed E-state index contributed by atoms with van der Waals surface area (Å²) in [5, 5.41) is 13.0. The fraction of sp³-hybridized carbons (Fsp3) is 0.515. The summed E-state index contributed by atoms with van der Waals surface area (Å²) in [5.74, 6) is 2.82. The van der Waals surface area contributed by atoms with Crippen molar-refractivity contribution in [3.05, 3.63) is 59.7 Å². The maximum absolute atomic E-state index is 12.1. The molecule has 1 amide bonds. The monoisotopic (exact) mass is 621 g/mol. The van der Waals surface area contributed by atoms with Gasteiger partial charge in [0.25, 0.3) is 5.91 Å². The van der Waals surface area contributed by atoms with Gasteiger partial charge in [0.1, 0.15) is 11.5 Å². The van der Waals surface area contributed by atoms with Gasteiger partial charge in [-0.3, -0.25) is 4.79 Å². The first-order valence-electron chi connectivity index (χ1n) is 15.8.